The quantitative estimate of drug-likeness (QED) is 0.520. The normalized spacial score (nSPS) is 11.0. The average Bonchev–Trinajstić information content (AvgIpc) is 3.28. The lowest BCUT2D eigenvalue weighted by atomic mass is 10.2. The zero-order chi connectivity index (χ0) is 16.5. The van der Waals surface area contributed by atoms with E-state index < -0.39 is 0 Å². The number of aromatic nitrogens is 2. The third-order valence-corrected chi connectivity index (χ3v) is 5.69. The van der Waals surface area contributed by atoms with E-state index in [0.717, 1.165) is 10.4 Å². The van der Waals surface area contributed by atoms with Crippen molar-refractivity contribution < 1.29 is 4.79 Å². The van der Waals surface area contributed by atoms with Crippen molar-refractivity contribution in [3.8, 4) is 10.4 Å². The van der Waals surface area contributed by atoms with Crippen LogP contribution in [0.4, 0.5) is 0 Å². The van der Waals surface area contributed by atoms with Gasteiger partial charge in [-0.3, -0.25) is 14.2 Å². The summed E-state index contributed by atoms with van der Waals surface area (Å²) < 4.78 is 1.38. The van der Waals surface area contributed by atoms with Crippen LogP contribution in [0.15, 0.2) is 65.0 Å². The number of ketones is 1. The first-order valence-corrected chi connectivity index (χ1v) is 9.03. The highest BCUT2D eigenvalue weighted by atomic mass is 32.1. The van der Waals surface area contributed by atoms with E-state index in [1.54, 1.807) is 6.07 Å². The lowest BCUT2D eigenvalue weighted by Gasteiger charge is -2.02. The van der Waals surface area contributed by atoms with Crippen LogP contribution in [0.2, 0.25) is 0 Å². The first kappa shape index (κ1) is 15.0. The molecule has 1 aromatic carbocycles. The molecule has 0 fully saturated rings. The number of rotatable bonds is 4. The highest BCUT2D eigenvalue weighted by Crippen LogP contribution is 2.30. The van der Waals surface area contributed by atoms with Crippen molar-refractivity contribution in [2.45, 2.75) is 6.54 Å². The predicted octanol–water partition coefficient (Wildman–Crippen LogP) is 4.07. The molecule has 4 aromatic rings. The molecule has 0 spiro atoms. The summed E-state index contributed by atoms with van der Waals surface area (Å²) >= 11 is 2.86. The molecule has 0 bridgehead atoms. The van der Waals surface area contributed by atoms with Crippen molar-refractivity contribution in [1.29, 1.82) is 0 Å². The minimum Gasteiger partial charge on any atom is -0.291 e. The fourth-order valence-corrected chi connectivity index (χ4v) is 4.14. The number of fused-ring (bicyclic) bond motifs is 1. The Bertz CT molecular complexity index is 1060. The Morgan fingerprint density at radius 3 is 2.71 bits per heavy atom. The van der Waals surface area contributed by atoms with Gasteiger partial charge in [0, 0.05) is 4.88 Å². The van der Waals surface area contributed by atoms with E-state index in [4.69, 9.17) is 0 Å². The number of hydrogen-bond acceptors (Lipinski definition) is 5. The second-order valence-corrected chi connectivity index (χ2v) is 7.25. The fourth-order valence-electron chi connectivity index (χ4n) is 2.49. The number of thiophene rings is 2. The lowest BCUT2D eigenvalue weighted by molar-refractivity contribution is 0.0974. The Kier molecular flexibility index (Phi) is 3.84. The summed E-state index contributed by atoms with van der Waals surface area (Å²) in [5, 5.41) is 2.41. The topological polar surface area (TPSA) is 52.0 Å². The molecule has 0 N–H and O–H groups in total. The van der Waals surface area contributed by atoms with E-state index in [-0.39, 0.29) is 17.9 Å². The standard InChI is InChI=1S/C18H12N2O2S2/c21-14(15-7-4-8-23-15)10-20-11-19-17-13(18(20)22)9-16(24-17)12-5-2-1-3-6-12/h1-9,11H,10H2. The Morgan fingerprint density at radius 1 is 1.12 bits per heavy atom. The van der Waals surface area contributed by atoms with Crippen LogP contribution in [0.1, 0.15) is 9.67 Å². The molecule has 0 saturated heterocycles. The molecule has 118 valence electrons. The van der Waals surface area contributed by atoms with Gasteiger partial charge in [-0.05, 0) is 23.1 Å². The van der Waals surface area contributed by atoms with E-state index in [1.165, 1.54) is 33.6 Å². The number of nitrogens with zero attached hydrogens (tertiary/aromatic N) is 2. The van der Waals surface area contributed by atoms with Crippen molar-refractivity contribution in [1.82, 2.24) is 9.55 Å². The van der Waals surface area contributed by atoms with Crippen LogP contribution in [-0.2, 0) is 6.54 Å². The van der Waals surface area contributed by atoms with Crippen LogP contribution < -0.4 is 5.56 Å². The first-order valence-electron chi connectivity index (χ1n) is 7.33. The predicted molar refractivity (Wildman–Crippen MR) is 98.0 cm³/mol. The molecule has 0 radical (unpaired) electrons. The maximum absolute atomic E-state index is 12.7. The Hall–Kier alpha value is -2.57. The first-order chi connectivity index (χ1) is 11.7. The van der Waals surface area contributed by atoms with Gasteiger partial charge >= 0.3 is 0 Å². The molecular weight excluding hydrogens is 340 g/mol. The molecule has 0 atom stereocenters. The average molecular weight is 352 g/mol. The lowest BCUT2D eigenvalue weighted by Crippen LogP contribution is -2.23. The highest BCUT2D eigenvalue weighted by Gasteiger charge is 2.13. The van der Waals surface area contributed by atoms with Gasteiger partial charge in [0.1, 0.15) is 4.83 Å². The van der Waals surface area contributed by atoms with E-state index in [9.17, 15) is 9.59 Å². The second-order valence-electron chi connectivity index (χ2n) is 5.27. The number of carbonyl (C=O) groups is 1. The molecular formula is C18H12N2O2S2. The molecule has 0 aliphatic carbocycles. The maximum atomic E-state index is 12.7. The Labute approximate surface area is 145 Å². The Morgan fingerprint density at radius 2 is 1.96 bits per heavy atom. The summed E-state index contributed by atoms with van der Waals surface area (Å²) in [7, 11) is 0. The van der Waals surface area contributed by atoms with E-state index in [1.807, 2.05) is 47.8 Å². The molecule has 0 saturated carbocycles. The number of hydrogen-bond donors (Lipinski definition) is 0. The van der Waals surface area contributed by atoms with E-state index >= 15 is 0 Å². The smallest absolute Gasteiger partial charge is 0.262 e. The van der Waals surface area contributed by atoms with Crippen LogP contribution in [0, 0.1) is 0 Å². The number of carbonyl (C=O) groups excluding carboxylic acids is 1. The molecule has 4 rings (SSSR count). The minimum atomic E-state index is -0.177. The molecule has 6 heteroatoms. The van der Waals surface area contributed by atoms with Crippen LogP contribution in [0.25, 0.3) is 20.7 Å². The van der Waals surface area contributed by atoms with Gasteiger partial charge in [0.25, 0.3) is 5.56 Å². The van der Waals surface area contributed by atoms with Gasteiger partial charge in [-0.2, -0.15) is 0 Å². The van der Waals surface area contributed by atoms with Gasteiger partial charge in [-0.25, -0.2) is 4.98 Å². The van der Waals surface area contributed by atoms with Crippen molar-refractivity contribution >= 4 is 38.7 Å². The molecule has 0 aliphatic heterocycles. The third kappa shape index (κ3) is 2.70. The van der Waals surface area contributed by atoms with Crippen molar-refractivity contribution in [2.75, 3.05) is 0 Å². The molecule has 0 unspecified atom stereocenters. The molecule has 24 heavy (non-hydrogen) atoms. The van der Waals surface area contributed by atoms with Gasteiger partial charge in [0.05, 0.1) is 23.1 Å². The summed E-state index contributed by atoms with van der Waals surface area (Å²) in [6.07, 6.45) is 1.46. The summed E-state index contributed by atoms with van der Waals surface area (Å²) in [5.74, 6) is -0.0771. The second kappa shape index (κ2) is 6.14. The molecule has 3 aromatic heterocycles. The summed E-state index contributed by atoms with van der Waals surface area (Å²) in [6.45, 7) is 0.0127. The van der Waals surface area contributed by atoms with Crippen LogP contribution in [-0.4, -0.2) is 15.3 Å². The highest BCUT2D eigenvalue weighted by molar-refractivity contribution is 7.21. The van der Waals surface area contributed by atoms with Gasteiger partial charge in [0.2, 0.25) is 0 Å². The zero-order valence-electron chi connectivity index (χ0n) is 12.5. The van der Waals surface area contributed by atoms with Gasteiger partial charge in [-0.1, -0.05) is 36.4 Å². The van der Waals surface area contributed by atoms with Crippen LogP contribution in [0.5, 0.6) is 0 Å². The SMILES string of the molecule is O=C(Cn1cnc2sc(-c3ccccc3)cc2c1=O)c1cccs1. The van der Waals surface area contributed by atoms with Crippen molar-refractivity contribution in [3.63, 3.8) is 0 Å². The summed E-state index contributed by atoms with van der Waals surface area (Å²) in [4.78, 5) is 31.6. The maximum Gasteiger partial charge on any atom is 0.262 e. The summed E-state index contributed by atoms with van der Waals surface area (Å²) in [6, 6.07) is 15.3. The van der Waals surface area contributed by atoms with E-state index in [2.05, 4.69) is 4.98 Å². The largest absolute Gasteiger partial charge is 0.291 e. The summed E-state index contributed by atoms with van der Waals surface area (Å²) in [5.41, 5.74) is 0.879. The molecule has 3 heterocycles. The van der Waals surface area contributed by atoms with E-state index in [0.29, 0.717) is 15.1 Å². The van der Waals surface area contributed by atoms with Crippen LogP contribution >= 0.6 is 22.7 Å². The monoisotopic (exact) mass is 352 g/mol. The van der Waals surface area contributed by atoms with Gasteiger partial charge < -0.3 is 0 Å². The van der Waals surface area contributed by atoms with Crippen molar-refractivity contribution in [3.05, 3.63) is 75.5 Å². The van der Waals surface area contributed by atoms with Gasteiger partial charge in [0.15, 0.2) is 5.78 Å². The Balaban J connectivity index is 1.73. The number of Topliss-reactive ketones (excluding diaryl/α,β-unsaturated/α-hetero) is 1. The zero-order valence-corrected chi connectivity index (χ0v) is 14.1. The van der Waals surface area contributed by atoms with Gasteiger partial charge in [-0.15, -0.1) is 22.7 Å². The minimum absolute atomic E-state index is 0.0127. The van der Waals surface area contributed by atoms with Crippen LogP contribution in [0.3, 0.4) is 0 Å². The molecule has 0 aliphatic rings. The fraction of sp³-hybridized carbons (Fsp3) is 0.0556. The third-order valence-electron chi connectivity index (χ3n) is 3.69. The molecule has 4 nitrogen and oxygen atoms in total. The van der Waals surface area contributed by atoms with Crippen molar-refractivity contribution in [2.24, 2.45) is 0 Å². The molecule has 0 amide bonds. The number of benzene rings is 1.